The maximum atomic E-state index is 5.72. The van der Waals surface area contributed by atoms with Crippen molar-refractivity contribution < 1.29 is 4.52 Å². The maximum Gasteiger partial charge on any atom is 0.144 e. The second-order valence-corrected chi connectivity index (χ2v) is 2.78. The van der Waals surface area contributed by atoms with E-state index in [1.165, 1.54) is 0 Å². The molecule has 2 rings (SSSR count). The minimum atomic E-state index is 0.718. The van der Waals surface area contributed by atoms with E-state index in [4.69, 9.17) is 11.6 Å². The normalized spacial score (nSPS) is 10.1. The van der Waals surface area contributed by atoms with Crippen LogP contribution in [0.2, 0.25) is 5.02 Å². The first-order valence-corrected chi connectivity index (χ1v) is 3.82. The van der Waals surface area contributed by atoms with Crippen LogP contribution in [0.25, 0.3) is 11.1 Å². The van der Waals surface area contributed by atoms with E-state index in [0.717, 1.165) is 16.1 Å². The Morgan fingerprint density at radius 2 is 2.00 bits per heavy atom. The molecule has 0 saturated carbocycles. The van der Waals surface area contributed by atoms with Crippen LogP contribution in [0, 0.1) is 6.20 Å². The van der Waals surface area contributed by atoms with Crippen LogP contribution in [0.4, 0.5) is 0 Å². The number of aromatic nitrogens is 1. The van der Waals surface area contributed by atoms with Gasteiger partial charge < -0.3 is 4.52 Å². The monoisotopic (exact) mass is 178 g/mol. The summed E-state index contributed by atoms with van der Waals surface area (Å²) in [6.07, 6.45) is 4.26. The van der Waals surface area contributed by atoms with E-state index in [-0.39, 0.29) is 0 Å². The lowest BCUT2D eigenvalue weighted by Crippen LogP contribution is -1.72. The summed E-state index contributed by atoms with van der Waals surface area (Å²) in [6, 6.07) is 7.42. The van der Waals surface area contributed by atoms with Crippen LogP contribution in [0.5, 0.6) is 0 Å². The molecule has 59 valence electrons. The van der Waals surface area contributed by atoms with Crippen molar-refractivity contribution in [3.8, 4) is 11.1 Å². The van der Waals surface area contributed by atoms with Crippen LogP contribution in [0.15, 0.2) is 35.1 Å². The summed E-state index contributed by atoms with van der Waals surface area (Å²) in [5, 5.41) is 4.21. The minimum absolute atomic E-state index is 0.718. The Bertz CT molecular complexity index is 353. The van der Waals surface area contributed by atoms with Gasteiger partial charge in [0.15, 0.2) is 0 Å². The third kappa shape index (κ3) is 1.34. The Balaban J connectivity index is 2.43. The van der Waals surface area contributed by atoms with Gasteiger partial charge in [0.2, 0.25) is 0 Å². The molecule has 3 heteroatoms. The first-order valence-electron chi connectivity index (χ1n) is 3.44. The number of nitrogens with zero attached hydrogens (tertiary/aromatic N) is 1. The molecule has 0 aliphatic heterocycles. The topological polar surface area (TPSA) is 26.0 Å². The fraction of sp³-hybridized carbons (Fsp3) is 0. The summed E-state index contributed by atoms with van der Waals surface area (Å²) < 4.78 is 4.66. The van der Waals surface area contributed by atoms with Gasteiger partial charge >= 0.3 is 0 Å². The molecule has 0 aliphatic rings. The van der Waals surface area contributed by atoms with Gasteiger partial charge in [-0.05, 0) is 17.7 Å². The number of hydrogen-bond acceptors (Lipinski definition) is 2. The van der Waals surface area contributed by atoms with Gasteiger partial charge in [-0.25, -0.2) is 0 Å². The lowest BCUT2D eigenvalue weighted by Gasteiger charge is -1.93. The van der Waals surface area contributed by atoms with Crippen molar-refractivity contribution in [2.75, 3.05) is 0 Å². The molecule has 0 fully saturated rings. The third-order valence-electron chi connectivity index (χ3n) is 1.54. The predicted octanol–water partition coefficient (Wildman–Crippen LogP) is 2.80. The van der Waals surface area contributed by atoms with E-state index < -0.39 is 0 Å². The quantitative estimate of drug-likeness (QED) is 0.671. The van der Waals surface area contributed by atoms with Crippen molar-refractivity contribution in [1.29, 1.82) is 0 Å². The fourth-order valence-corrected chi connectivity index (χ4v) is 1.07. The summed E-state index contributed by atoms with van der Waals surface area (Å²) in [7, 11) is 0. The summed E-state index contributed by atoms with van der Waals surface area (Å²) >= 11 is 5.72. The van der Waals surface area contributed by atoms with Gasteiger partial charge in [0.25, 0.3) is 0 Å². The molecule has 0 unspecified atom stereocenters. The molecule has 1 aromatic carbocycles. The van der Waals surface area contributed by atoms with Gasteiger partial charge in [-0.3, -0.25) is 0 Å². The first-order chi connectivity index (χ1) is 5.86. The van der Waals surface area contributed by atoms with Crippen LogP contribution in [0.1, 0.15) is 0 Å². The Labute approximate surface area is 74.8 Å². The number of halogens is 1. The average molecular weight is 179 g/mol. The number of benzene rings is 1. The highest BCUT2D eigenvalue weighted by molar-refractivity contribution is 6.30. The molecular formula is C9H5ClNO. The molecule has 0 atom stereocenters. The summed E-state index contributed by atoms with van der Waals surface area (Å²) in [6.45, 7) is 0. The van der Waals surface area contributed by atoms with Gasteiger partial charge in [-0.1, -0.05) is 28.9 Å². The molecule has 1 radical (unpaired) electrons. The first kappa shape index (κ1) is 7.37. The van der Waals surface area contributed by atoms with E-state index in [2.05, 4.69) is 15.9 Å². The molecule has 2 nitrogen and oxygen atoms in total. The van der Waals surface area contributed by atoms with E-state index in [1.54, 1.807) is 6.26 Å². The van der Waals surface area contributed by atoms with Crippen molar-refractivity contribution in [2.45, 2.75) is 0 Å². The summed E-state index contributed by atoms with van der Waals surface area (Å²) in [5.74, 6) is 0. The van der Waals surface area contributed by atoms with Crippen molar-refractivity contribution in [2.24, 2.45) is 0 Å². The minimum Gasteiger partial charge on any atom is -0.363 e. The standard InChI is InChI=1S/C9H5ClNO/c10-9-3-1-7(2-4-9)8-5-11-12-6-8/h1-4,6H. The highest BCUT2D eigenvalue weighted by Crippen LogP contribution is 2.19. The van der Waals surface area contributed by atoms with Gasteiger partial charge in [-0.15, -0.1) is 0 Å². The number of rotatable bonds is 1. The second kappa shape index (κ2) is 2.99. The van der Waals surface area contributed by atoms with E-state index in [0.29, 0.717) is 0 Å². The average Bonchev–Trinajstić information content (AvgIpc) is 2.58. The van der Waals surface area contributed by atoms with E-state index >= 15 is 0 Å². The molecule has 2 aromatic rings. The highest BCUT2D eigenvalue weighted by Gasteiger charge is 1.99. The van der Waals surface area contributed by atoms with Crippen LogP contribution in [-0.4, -0.2) is 5.16 Å². The smallest absolute Gasteiger partial charge is 0.144 e. The van der Waals surface area contributed by atoms with Crippen LogP contribution < -0.4 is 0 Å². The Morgan fingerprint density at radius 3 is 2.58 bits per heavy atom. The molecule has 0 saturated heterocycles. The van der Waals surface area contributed by atoms with Crippen molar-refractivity contribution >= 4 is 11.6 Å². The SMILES string of the molecule is Clc1ccc(-c2[c]noc2)cc1. The molecule has 0 spiro atoms. The predicted molar refractivity (Wildman–Crippen MR) is 45.8 cm³/mol. The summed E-state index contributed by atoms with van der Waals surface area (Å²) in [5.41, 5.74) is 1.84. The Hall–Kier alpha value is -1.28. The lowest BCUT2D eigenvalue weighted by molar-refractivity contribution is 0.418. The Morgan fingerprint density at radius 1 is 1.25 bits per heavy atom. The molecule has 0 bridgehead atoms. The molecule has 12 heavy (non-hydrogen) atoms. The van der Waals surface area contributed by atoms with Gasteiger partial charge in [0, 0.05) is 5.02 Å². The van der Waals surface area contributed by atoms with Crippen molar-refractivity contribution in [1.82, 2.24) is 5.16 Å². The maximum absolute atomic E-state index is 5.72. The molecule has 1 aromatic heterocycles. The zero-order valence-electron chi connectivity index (χ0n) is 6.12. The van der Waals surface area contributed by atoms with Crippen LogP contribution in [0.3, 0.4) is 0 Å². The zero-order chi connectivity index (χ0) is 8.39. The van der Waals surface area contributed by atoms with Gasteiger partial charge in [0.1, 0.15) is 12.5 Å². The molecule has 0 aliphatic carbocycles. The third-order valence-corrected chi connectivity index (χ3v) is 1.80. The van der Waals surface area contributed by atoms with Crippen LogP contribution in [-0.2, 0) is 0 Å². The van der Waals surface area contributed by atoms with Crippen molar-refractivity contribution in [3.63, 3.8) is 0 Å². The number of hydrogen-bond donors (Lipinski definition) is 0. The second-order valence-electron chi connectivity index (χ2n) is 2.35. The lowest BCUT2D eigenvalue weighted by atomic mass is 10.1. The zero-order valence-corrected chi connectivity index (χ0v) is 6.88. The van der Waals surface area contributed by atoms with E-state index in [1.807, 2.05) is 24.3 Å². The largest absolute Gasteiger partial charge is 0.363 e. The molecule has 0 amide bonds. The Kier molecular flexibility index (Phi) is 1.84. The molecule has 0 N–H and O–H groups in total. The summed E-state index contributed by atoms with van der Waals surface area (Å²) in [4.78, 5) is 0. The molecular weight excluding hydrogens is 174 g/mol. The highest BCUT2D eigenvalue weighted by atomic mass is 35.5. The van der Waals surface area contributed by atoms with Crippen molar-refractivity contribution in [3.05, 3.63) is 41.7 Å². The van der Waals surface area contributed by atoms with E-state index in [9.17, 15) is 0 Å². The molecule has 1 heterocycles. The van der Waals surface area contributed by atoms with Gasteiger partial charge in [0.05, 0.1) is 5.56 Å². The fourth-order valence-electron chi connectivity index (χ4n) is 0.943. The van der Waals surface area contributed by atoms with Crippen LogP contribution >= 0.6 is 11.6 Å². The van der Waals surface area contributed by atoms with Gasteiger partial charge in [-0.2, -0.15) is 0 Å².